The SMILES string of the molecule is CC1=C(C)C(C)(C)C(C)=C(C)N1c1ccc(-c2nc3ccccc3s2)c(N)c1. The van der Waals surface area contributed by atoms with Gasteiger partial charge in [-0.2, -0.15) is 0 Å². The third kappa shape index (κ3) is 2.75. The van der Waals surface area contributed by atoms with Gasteiger partial charge in [-0.15, -0.1) is 11.3 Å². The number of fused-ring (bicyclic) bond motifs is 1. The molecule has 0 atom stereocenters. The van der Waals surface area contributed by atoms with Crippen LogP contribution in [-0.2, 0) is 0 Å². The number of allylic oxidation sites excluding steroid dienone is 4. The first-order valence-corrected chi connectivity index (χ1v) is 10.4. The highest BCUT2D eigenvalue weighted by Gasteiger charge is 2.33. The summed E-state index contributed by atoms with van der Waals surface area (Å²) in [5, 5.41) is 0.969. The van der Waals surface area contributed by atoms with E-state index >= 15 is 0 Å². The number of anilines is 2. The quantitative estimate of drug-likeness (QED) is 0.481. The highest BCUT2D eigenvalue weighted by atomic mass is 32.1. The van der Waals surface area contributed by atoms with Gasteiger partial charge in [-0.25, -0.2) is 4.98 Å². The standard InChI is InChI=1S/C24H27N3S/c1-14-16(3)27(17(4)15(2)24(14,5)6)18-11-12-19(20(25)13-18)23-26-21-9-7-8-10-22(21)28-23/h7-13H,25H2,1-6H3. The summed E-state index contributed by atoms with van der Waals surface area (Å²) in [5.74, 6) is 0. The molecule has 0 saturated carbocycles. The monoisotopic (exact) mass is 389 g/mol. The van der Waals surface area contributed by atoms with Crippen LogP contribution in [0.4, 0.5) is 11.4 Å². The molecule has 0 spiro atoms. The van der Waals surface area contributed by atoms with Crippen LogP contribution in [0.1, 0.15) is 41.5 Å². The van der Waals surface area contributed by atoms with Crippen molar-refractivity contribution in [3.8, 4) is 10.6 Å². The van der Waals surface area contributed by atoms with Gasteiger partial charge in [0.15, 0.2) is 0 Å². The maximum atomic E-state index is 6.50. The summed E-state index contributed by atoms with van der Waals surface area (Å²) in [6.07, 6.45) is 0. The lowest BCUT2D eigenvalue weighted by Gasteiger charge is -2.42. The molecule has 144 valence electrons. The maximum Gasteiger partial charge on any atom is 0.126 e. The molecule has 0 fully saturated rings. The van der Waals surface area contributed by atoms with E-state index in [0.29, 0.717) is 0 Å². The van der Waals surface area contributed by atoms with E-state index < -0.39 is 0 Å². The summed E-state index contributed by atoms with van der Waals surface area (Å²) in [5.41, 5.74) is 15.8. The number of rotatable bonds is 2. The third-order valence-electron chi connectivity index (χ3n) is 6.45. The molecule has 0 saturated heterocycles. The van der Waals surface area contributed by atoms with Crippen molar-refractivity contribution in [2.75, 3.05) is 10.6 Å². The molecule has 4 heteroatoms. The molecule has 2 aromatic carbocycles. The van der Waals surface area contributed by atoms with Crippen molar-refractivity contribution in [3.05, 3.63) is 65.0 Å². The van der Waals surface area contributed by atoms with Crippen molar-refractivity contribution in [3.63, 3.8) is 0 Å². The van der Waals surface area contributed by atoms with E-state index in [1.54, 1.807) is 11.3 Å². The topological polar surface area (TPSA) is 42.2 Å². The van der Waals surface area contributed by atoms with Gasteiger partial charge in [0.2, 0.25) is 0 Å². The number of nitrogen functional groups attached to an aromatic ring is 1. The second kappa shape index (κ2) is 6.49. The Kier molecular flexibility index (Phi) is 4.35. The molecule has 1 aliphatic heterocycles. The lowest BCUT2D eigenvalue weighted by atomic mass is 9.74. The van der Waals surface area contributed by atoms with Gasteiger partial charge >= 0.3 is 0 Å². The summed E-state index contributed by atoms with van der Waals surface area (Å²) in [6.45, 7) is 13.5. The average molecular weight is 390 g/mol. The number of benzene rings is 2. The van der Waals surface area contributed by atoms with Crippen LogP contribution in [-0.4, -0.2) is 4.98 Å². The fraction of sp³-hybridized carbons (Fsp3) is 0.292. The van der Waals surface area contributed by atoms with E-state index in [9.17, 15) is 0 Å². The van der Waals surface area contributed by atoms with Crippen molar-refractivity contribution in [2.24, 2.45) is 5.41 Å². The smallest absolute Gasteiger partial charge is 0.126 e. The minimum absolute atomic E-state index is 0.0805. The van der Waals surface area contributed by atoms with E-state index in [4.69, 9.17) is 10.7 Å². The fourth-order valence-electron chi connectivity index (χ4n) is 4.03. The van der Waals surface area contributed by atoms with Gasteiger partial charge in [-0.05, 0) is 69.2 Å². The Balaban J connectivity index is 1.79. The number of nitrogens with zero attached hydrogens (tertiary/aromatic N) is 2. The highest BCUT2D eigenvalue weighted by Crippen LogP contribution is 2.46. The Morgan fingerprint density at radius 1 is 0.929 bits per heavy atom. The molecule has 4 rings (SSSR count). The number of hydrogen-bond donors (Lipinski definition) is 1. The van der Waals surface area contributed by atoms with E-state index in [1.165, 1.54) is 27.2 Å². The summed E-state index contributed by atoms with van der Waals surface area (Å²) in [6, 6.07) is 14.5. The van der Waals surface area contributed by atoms with Crippen molar-refractivity contribution < 1.29 is 0 Å². The Morgan fingerprint density at radius 2 is 1.57 bits per heavy atom. The summed E-state index contributed by atoms with van der Waals surface area (Å²) in [4.78, 5) is 7.09. The minimum Gasteiger partial charge on any atom is -0.398 e. The zero-order valence-corrected chi connectivity index (χ0v) is 18.2. The van der Waals surface area contributed by atoms with Gasteiger partial charge in [-0.3, -0.25) is 0 Å². The molecule has 2 heterocycles. The molecule has 0 bridgehead atoms. The predicted molar refractivity (Wildman–Crippen MR) is 122 cm³/mol. The van der Waals surface area contributed by atoms with E-state index in [2.05, 4.69) is 70.7 Å². The van der Waals surface area contributed by atoms with E-state index in [0.717, 1.165) is 27.5 Å². The summed E-state index contributed by atoms with van der Waals surface area (Å²) < 4.78 is 1.18. The van der Waals surface area contributed by atoms with Crippen LogP contribution in [0, 0.1) is 5.41 Å². The number of thiazole rings is 1. The van der Waals surface area contributed by atoms with Crippen LogP contribution in [0.2, 0.25) is 0 Å². The van der Waals surface area contributed by atoms with Crippen molar-refractivity contribution >= 4 is 32.9 Å². The van der Waals surface area contributed by atoms with Crippen LogP contribution < -0.4 is 10.6 Å². The van der Waals surface area contributed by atoms with E-state index in [-0.39, 0.29) is 5.41 Å². The van der Waals surface area contributed by atoms with Crippen molar-refractivity contribution in [1.82, 2.24) is 4.98 Å². The van der Waals surface area contributed by atoms with Gasteiger partial charge in [0.25, 0.3) is 0 Å². The molecular weight excluding hydrogens is 362 g/mol. The second-order valence-electron chi connectivity index (χ2n) is 8.14. The predicted octanol–water partition coefficient (Wildman–Crippen LogP) is 6.98. The summed E-state index contributed by atoms with van der Waals surface area (Å²) in [7, 11) is 0. The molecule has 0 unspecified atom stereocenters. The number of aromatic nitrogens is 1. The van der Waals surface area contributed by atoms with E-state index in [1.807, 2.05) is 18.2 Å². The lowest BCUT2D eigenvalue weighted by Crippen LogP contribution is -2.32. The highest BCUT2D eigenvalue weighted by molar-refractivity contribution is 7.21. The first-order valence-electron chi connectivity index (χ1n) is 9.63. The molecule has 0 radical (unpaired) electrons. The summed E-state index contributed by atoms with van der Waals surface area (Å²) >= 11 is 1.68. The zero-order chi connectivity index (χ0) is 20.2. The molecule has 2 N–H and O–H groups in total. The van der Waals surface area contributed by atoms with Gasteiger partial charge in [-0.1, -0.05) is 26.0 Å². The third-order valence-corrected chi connectivity index (χ3v) is 7.52. The Labute approximate surface area is 171 Å². The Hall–Kier alpha value is -2.59. The van der Waals surface area contributed by atoms with Gasteiger partial charge < -0.3 is 10.6 Å². The van der Waals surface area contributed by atoms with Crippen LogP contribution in [0.15, 0.2) is 65.0 Å². The molecular formula is C24H27N3S. The maximum absolute atomic E-state index is 6.50. The largest absolute Gasteiger partial charge is 0.398 e. The Morgan fingerprint density at radius 3 is 2.18 bits per heavy atom. The first kappa shape index (κ1) is 18.8. The van der Waals surface area contributed by atoms with Crippen molar-refractivity contribution in [1.29, 1.82) is 0 Å². The number of hydrogen-bond acceptors (Lipinski definition) is 4. The average Bonchev–Trinajstić information content (AvgIpc) is 3.09. The number of para-hydroxylation sites is 1. The molecule has 1 aromatic heterocycles. The van der Waals surface area contributed by atoms with Crippen molar-refractivity contribution in [2.45, 2.75) is 41.5 Å². The lowest BCUT2D eigenvalue weighted by molar-refractivity contribution is 0.510. The second-order valence-corrected chi connectivity index (χ2v) is 9.17. The Bertz CT molecular complexity index is 1090. The molecule has 3 nitrogen and oxygen atoms in total. The van der Waals surface area contributed by atoms with Crippen LogP contribution in [0.5, 0.6) is 0 Å². The molecule has 3 aromatic rings. The zero-order valence-electron chi connectivity index (χ0n) is 17.4. The minimum atomic E-state index is 0.0805. The molecule has 1 aliphatic rings. The first-order chi connectivity index (χ1) is 13.2. The fourth-order valence-corrected chi connectivity index (χ4v) is 5.04. The van der Waals surface area contributed by atoms with Gasteiger partial charge in [0.1, 0.15) is 5.01 Å². The van der Waals surface area contributed by atoms with Gasteiger partial charge in [0, 0.05) is 33.7 Å². The molecule has 28 heavy (non-hydrogen) atoms. The molecule has 0 aliphatic carbocycles. The molecule has 0 amide bonds. The normalized spacial score (nSPS) is 17.0. The van der Waals surface area contributed by atoms with Crippen LogP contribution >= 0.6 is 11.3 Å². The van der Waals surface area contributed by atoms with Crippen LogP contribution in [0.25, 0.3) is 20.8 Å². The van der Waals surface area contributed by atoms with Crippen LogP contribution in [0.3, 0.4) is 0 Å². The number of nitrogens with two attached hydrogens (primary N) is 1. The van der Waals surface area contributed by atoms with Gasteiger partial charge in [0.05, 0.1) is 10.2 Å².